The number of benzene rings is 2. The fourth-order valence-electron chi connectivity index (χ4n) is 4.77. The van der Waals surface area contributed by atoms with Crippen molar-refractivity contribution in [1.82, 2.24) is 9.88 Å². The Hall–Kier alpha value is -2.39. The van der Waals surface area contributed by atoms with Crippen LogP contribution in [-0.4, -0.2) is 29.5 Å². The molecule has 27 heavy (non-hydrogen) atoms. The van der Waals surface area contributed by atoms with Crippen LogP contribution in [-0.2, 0) is 12.8 Å². The Bertz CT molecular complexity index is 986. The summed E-state index contributed by atoms with van der Waals surface area (Å²) in [5.74, 6) is 0.521. The fourth-order valence-corrected chi connectivity index (χ4v) is 4.77. The van der Waals surface area contributed by atoms with E-state index in [1.165, 1.54) is 28.8 Å². The van der Waals surface area contributed by atoms with Crippen molar-refractivity contribution in [3.8, 4) is 0 Å². The van der Waals surface area contributed by atoms with Crippen LogP contribution in [0.15, 0.2) is 54.6 Å². The van der Waals surface area contributed by atoms with Gasteiger partial charge in [-0.1, -0.05) is 36.4 Å². The van der Waals surface area contributed by atoms with Crippen LogP contribution in [0.1, 0.15) is 29.7 Å². The third-order valence-electron chi connectivity index (χ3n) is 6.21. The molecule has 2 nitrogen and oxygen atoms in total. The quantitative estimate of drug-likeness (QED) is 0.680. The number of hydrogen-bond acceptors (Lipinski definition) is 1. The molecule has 0 amide bonds. The molecule has 3 aromatic rings. The Morgan fingerprint density at radius 2 is 1.96 bits per heavy atom. The molecule has 3 heteroatoms. The van der Waals surface area contributed by atoms with Crippen molar-refractivity contribution in [3.63, 3.8) is 0 Å². The van der Waals surface area contributed by atoms with Gasteiger partial charge in [0.25, 0.3) is 0 Å². The summed E-state index contributed by atoms with van der Waals surface area (Å²) in [6, 6.07) is 15.8. The van der Waals surface area contributed by atoms with Gasteiger partial charge in [-0.2, -0.15) is 0 Å². The molecular formula is C24H25FN2. The lowest BCUT2D eigenvalue weighted by molar-refractivity contribution is 0.238. The Labute approximate surface area is 159 Å². The molecule has 1 N–H and O–H groups in total. The largest absolute Gasteiger partial charge is 0.358 e. The standard InChI is InChI=1S/C24H25FN2/c25-20-7-9-24-22(15-20)21-14-17(6-8-23(21)26-24)16-27-12-10-19(11-13-27)18-4-2-1-3-5-18/h1-5,7,9-10,15,17,26H,6,8,11-14,16H2. The van der Waals surface area contributed by atoms with E-state index in [1.54, 1.807) is 12.1 Å². The van der Waals surface area contributed by atoms with Gasteiger partial charge in [-0.25, -0.2) is 4.39 Å². The van der Waals surface area contributed by atoms with Gasteiger partial charge < -0.3 is 4.98 Å². The lowest BCUT2D eigenvalue weighted by atomic mass is 9.85. The zero-order valence-corrected chi connectivity index (χ0v) is 15.5. The molecule has 1 aromatic heterocycles. The number of rotatable bonds is 3. The first-order valence-electron chi connectivity index (χ1n) is 10.0. The van der Waals surface area contributed by atoms with Crippen LogP contribution in [0, 0.1) is 11.7 Å². The number of halogens is 1. The molecule has 1 atom stereocenters. The lowest BCUT2D eigenvalue weighted by Crippen LogP contribution is -2.35. The minimum Gasteiger partial charge on any atom is -0.358 e. The summed E-state index contributed by atoms with van der Waals surface area (Å²) in [4.78, 5) is 6.08. The molecule has 1 aliphatic heterocycles. The number of nitrogens with zero attached hydrogens (tertiary/aromatic N) is 1. The zero-order valence-electron chi connectivity index (χ0n) is 15.5. The van der Waals surface area contributed by atoms with Gasteiger partial charge >= 0.3 is 0 Å². The first-order valence-corrected chi connectivity index (χ1v) is 10.0. The fraction of sp³-hybridized carbons (Fsp3) is 0.333. The van der Waals surface area contributed by atoms with Crippen molar-refractivity contribution < 1.29 is 4.39 Å². The molecule has 2 aliphatic rings. The highest BCUT2D eigenvalue weighted by Crippen LogP contribution is 2.33. The van der Waals surface area contributed by atoms with Crippen LogP contribution in [0.3, 0.4) is 0 Å². The number of aromatic nitrogens is 1. The van der Waals surface area contributed by atoms with E-state index in [9.17, 15) is 4.39 Å². The van der Waals surface area contributed by atoms with E-state index in [2.05, 4.69) is 46.3 Å². The average molecular weight is 360 g/mol. The molecule has 1 unspecified atom stereocenters. The van der Waals surface area contributed by atoms with Gasteiger partial charge in [0.1, 0.15) is 5.82 Å². The summed E-state index contributed by atoms with van der Waals surface area (Å²) in [5, 5.41) is 1.08. The second-order valence-electron chi connectivity index (χ2n) is 7.99. The van der Waals surface area contributed by atoms with Crippen LogP contribution < -0.4 is 0 Å². The van der Waals surface area contributed by atoms with E-state index in [0.717, 1.165) is 49.8 Å². The normalized spacial score (nSPS) is 20.5. The van der Waals surface area contributed by atoms with Gasteiger partial charge in [0.05, 0.1) is 0 Å². The van der Waals surface area contributed by atoms with Crippen molar-refractivity contribution in [2.75, 3.05) is 19.6 Å². The molecule has 2 aromatic carbocycles. The van der Waals surface area contributed by atoms with Gasteiger partial charge in [-0.05, 0) is 66.5 Å². The predicted octanol–water partition coefficient (Wildman–Crippen LogP) is 5.20. The van der Waals surface area contributed by atoms with E-state index < -0.39 is 0 Å². The van der Waals surface area contributed by atoms with Gasteiger partial charge in [-0.15, -0.1) is 0 Å². The predicted molar refractivity (Wildman–Crippen MR) is 109 cm³/mol. The second-order valence-corrected chi connectivity index (χ2v) is 7.99. The number of hydrogen-bond donors (Lipinski definition) is 1. The molecule has 0 fully saturated rings. The minimum atomic E-state index is -0.138. The first kappa shape index (κ1) is 16.8. The van der Waals surface area contributed by atoms with Crippen LogP contribution in [0.5, 0.6) is 0 Å². The van der Waals surface area contributed by atoms with Gasteiger partial charge in [0.15, 0.2) is 0 Å². The number of aromatic amines is 1. The van der Waals surface area contributed by atoms with Crippen molar-refractivity contribution in [3.05, 3.63) is 77.2 Å². The topological polar surface area (TPSA) is 19.0 Å². The van der Waals surface area contributed by atoms with Crippen molar-refractivity contribution in [2.45, 2.75) is 25.7 Å². The van der Waals surface area contributed by atoms with Crippen molar-refractivity contribution in [1.29, 1.82) is 0 Å². The number of H-pyrrole nitrogens is 1. The summed E-state index contributed by atoms with van der Waals surface area (Å²) in [5.41, 5.74) is 6.58. The average Bonchev–Trinajstić information content (AvgIpc) is 3.06. The van der Waals surface area contributed by atoms with E-state index >= 15 is 0 Å². The number of fused-ring (bicyclic) bond motifs is 3. The van der Waals surface area contributed by atoms with Crippen LogP contribution >= 0.6 is 0 Å². The third kappa shape index (κ3) is 3.32. The Balaban J connectivity index is 1.27. The van der Waals surface area contributed by atoms with Crippen molar-refractivity contribution in [2.24, 2.45) is 5.92 Å². The Morgan fingerprint density at radius 1 is 1.07 bits per heavy atom. The molecule has 1 aliphatic carbocycles. The van der Waals surface area contributed by atoms with Crippen molar-refractivity contribution >= 4 is 16.5 Å². The maximum atomic E-state index is 13.7. The van der Waals surface area contributed by atoms with Crippen LogP contribution in [0.4, 0.5) is 4.39 Å². The molecule has 0 bridgehead atoms. The highest BCUT2D eigenvalue weighted by Gasteiger charge is 2.25. The monoisotopic (exact) mass is 360 g/mol. The van der Waals surface area contributed by atoms with Crippen LogP contribution in [0.25, 0.3) is 16.5 Å². The summed E-state index contributed by atoms with van der Waals surface area (Å²) >= 11 is 0. The summed E-state index contributed by atoms with van der Waals surface area (Å²) in [6.45, 7) is 3.31. The molecule has 138 valence electrons. The third-order valence-corrected chi connectivity index (χ3v) is 6.21. The SMILES string of the molecule is Fc1ccc2[nH]c3c(c2c1)CC(CN1CC=C(c2ccccc2)CC1)CC3. The summed E-state index contributed by atoms with van der Waals surface area (Å²) in [6.07, 6.45) is 6.88. The summed E-state index contributed by atoms with van der Waals surface area (Å²) in [7, 11) is 0. The molecule has 2 heterocycles. The van der Waals surface area contributed by atoms with Crippen LogP contribution in [0.2, 0.25) is 0 Å². The highest BCUT2D eigenvalue weighted by atomic mass is 19.1. The van der Waals surface area contributed by atoms with E-state index in [4.69, 9.17) is 0 Å². The van der Waals surface area contributed by atoms with E-state index in [-0.39, 0.29) is 5.82 Å². The van der Waals surface area contributed by atoms with E-state index in [0.29, 0.717) is 5.92 Å². The van der Waals surface area contributed by atoms with Gasteiger partial charge in [0.2, 0.25) is 0 Å². The lowest BCUT2D eigenvalue weighted by Gasteiger charge is -2.32. The Kier molecular flexibility index (Phi) is 4.33. The maximum Gasteiger partial charge on any atom is 0.123 e. The zero-order chi connectivity index (χ0) is 18.2. The first-order chi connectivity index (χ1) is 13.3. The van der Waals surface area contributed by atoms with Gasteiger partial charge in [0, 0.05) is 36.2 Å². The molecule has 0 saturated heterocycles. The summed E-state index contributed by atoms with van der Waals surface area (Å²) < 4.78 is 13.7. The molecular weight excluding hydrogens is 335 g/mol. The highest BCUT2D eigenvalue weighted by molar-refractivity contribution is 5.85. The minimum absolute atomic E-state index is 0.138. The molecule has 0 saturated carbocycles. The smallest absolute Gasteiger partial charge is 0.123 e. The second kappa shape index (κ2) is 6.97. The molecule has 0 spiro atoms. The van der Waals surface area contributed by atoms with Gasteiger partial charge in [-0.3, -0.25) is 4.90 Å². The number of aryl methyl sites for hydroxylation is 1. The van der Waals surface area contributed by atoms with E-state index in [1.807, 2.05) is 6.07 Å². The number of nitrogens with one attached hydrogen (secondary N) is 1. The molecule has 5 rings (SSSR count). The molecule has 0 radical (unpaired) electrons. The Morgan fingerprint density at radius 3 is 2.78 bits per heavy atom. The maximum absolute atomic E-state index is 13.7.